The summed E-state index contributed by atoms with van der Waals surface area (Å²) in [6.07, 6.45) is 4.79. The molecule has 0 spiro atoms. The normalized spacial score (nSPS) is 27.8. The average Bonchev–Trinajstić information content (AvgIpc) is 3.01. The highest BCUT2D eigenvalue weighted by Crippen LogP contribution is 2.32. The van der Waals surface area contributed by atoms with Gasteiger partial charge in [-0.3, -0.25) is 4.79 Å². The Morgan fingerprint density at radius 2 is 2.29 bits per heavy atom. The molecule has 0 radical (unpaired) electrons. The molecule has 0 aliphatic carbocycles. The van der Waals surface area contributed by atoms with Crippen molar-refractivity contribution in [2.45, 2.75) is 39.0 Å². The van der Waals surface area contributed by atoms with Crippen LogP contribution in [0.3, 0.4) is 0 Å². The molecule has 7 nitrogen and oxygen atoms in total. The first kappa shape index (κ1) is 14.4. The fourth-order valence-electron chi connectivity index (χ4n) is 3.35. The summed E-state index contributed by atoms with van der Waals surface area (Å²) in [5.41, 5.74) is -0.321. The van der Waals surface area contributed by atoms with Crippen molar-refractivity contribution >= 4 is 5.91 Å². The van der Waals surface area contributed by atoms with Crippen LogP contribution in [0, 0.1) is 11.3 Å². The lowest BCUT2D eigenvalue weighted by molar-refractivity contribution is -0.150. The molecule has 116 valence electrons. The molecule has 2 aliphatic heterocycles. The first-order valence-corrected chi connectivity index (χ1v) is 7.77. The zero-order valence-electron chi connectivity index (χ0n) is 12.5. The summed E-state index contributed by atoms with van der Waals surface area (Å²) in [6.45, 7) is 5.05. The Kier molecular flexibility index (Phi) is 4.19. The van der Waals surface area contributed by atoms with Crippen LogP contribution in [0.1, 0.15) is 38.4 Å². The van der Waals surface area contributed by atoms with E-state index in [1.807, 2.05) is 11.8 Å². The molecule has 0 bridgehead atoms. The number of carbonyl (C=O) groups excluding carboxylic acids is 1. The molecule has 0 saturated carbocycles. The lowest BCUT2D eigenvalue weighted by Crippen LogP contribution is -2.49. The Morgan fingerprint density at radius 3 is 2.90 bits per heavy atom. The molecule has 0 aromatic carbocycles. The van der Waals surface area contributed by atoms with Crippen LogP contribution in [-0.2, 0) is 16.0 Å². The lowest BCUT2D eigenvalue weighted by atomic mass is 9.82. The van der Waals surface area contributed by atoms with E-state index in [1.54, 1.807) is 0 Å². The zero-order chi connectivity index (χ0) is 14.7. The van der Waals surface area contributed by atoms with Gasteiger partial charge in [0.25, 0.3) is 0 Å². The maximum atomic E-state index is 12.7. The van der Waals surface area contributed by atoms with Gasteiger partial charge in [0.1, 0.15) is 0 Å². The molecule has 3 heterocycles. The largest absolute Gasteiger partial charge is 0.380 e. The third-order valence-corrected chi connectivity index (χ3v) is 4.72. The molecule has 2 saturated heterocycles. The van der Waals surface area contributed by atoms with Crippen molar-refractivity contribution in [3.63, 3.8) is 0 Å². The molecule has 1 atom stereocenters. The number of tetrazole rings is 1. The number of hydrogen-bond donors (Lipinski definition) is 1. The summed E-state index contributed by atoms with van der Waals surface area (Å²) < 4.78 is 5.51. The number of ether oxygens (including phenoxy) is 1. The number of aromatic nitrogens is 4. The van der Waals surface area contributed by atoms with Crippen LogP contribution in [0.4, 0.5) is 0 Å². The highest BCUT2D eigenvalue weighted by molar-refractivity contribution is 5.82. The van der Waals surface area contributed by atoms with E-state index in [0.717, 1.165) is 57.6 Å². The predicted molar refractivity (Wildman–Crippen MR) is 75.3 cm³/mol. The molecule has 7 heteroatoms. The van der Waals surface area contributed by atoms with E-state index in [4.69, 9.17) is 4.74 Å². The molecule has 21 heavy (non-hydrogen) atoms. The van der Waals surface area contributed by atoms with E-state index in [1.165, 1.54) is 0 Å². The van der Waals surface area contributed by atoms with Gasteiger partial charge in [-0.25, -0.2) is 0 Å². The van der Waals surface area contributed by atoms with Gasteiger partial charge in [-0.15, -0.1) is 10.2 Å². The van der Waals surface area contributed by atoms with Crippen molar-refractivity contribution in [2.75, 3.05) is 26.3 Å². The Balaban J connectivity index is 1.52. The van der Waals surface area contributed by atoms with Gasteiger partial charge in [-0.1, -0.05) is 5.21 Å². The fraction of sp³-hybridized carbons (Fsp3) is 0.857. The summed E-state index contributed by atoms with van der Waals surface area (Å²) in [5, 5.41) is 14.1. The lowest BCUT2D eigenvalue weighted by Gasteiger charge is -2.39. The smallest absolute Gasteiger partial charge is 0.230 e. The second kappa shape index (κ2) is 6.09. The van der Waals surface area contributed by atoms with Crippen LogP contribution in [0.5, 0.6) is 0 Å². The van der Waals surface area contributed by atoms with Crippen molar-refractivity contribution in [1.82, 2.24) is 25.5 Å². The Bertz CT molecular complexity index is 462. The first-order chi connectivity index (χ1) is 10.2. The summed E-state index contributed by atoms with van der Waals surface area (Å²) in [4.78, 5) is 14.7. The fourth-order valence-corrected chi connectivity index (χ4v) is 3.35. The standard InChI is InChI=1S/C14H23N5O2/c1-14(5-2-8-21-10-14)13(20)19-6-3-11(4-7-19)9-12-15-17-18-16-12/h11H,2-10H2,1H3,(H,15,16,17,18). The minimum absolute atomic E-state index is 0.264. The van der Waals surface area contributed by atoms with Gasteiger partial charge in [-0.2, -0.15) is 5.21 Å². The number of aromatic amines is 1. The second-order valence-electron chi connectivity index (χ2n) is 6.48. The average molecular weight is 293 g/mol. The van der Waals surface area contributed by atoms with E-state index in [2.05, 4.69) is 20.6 Å². The van der Waals surface area contributed by atoms with Crippen molar-refractivity contribution in [3.8, 4) is 0 Å². The van der Waals surface area contributed by atoms with E-state index >= 15 is 0 Å². The molecule has 1 aromatic rings. The number of nitrogens with zero attached hydrogens (tertiary/aromatic N) is 4. The number of rotatable bonds is 3. The molecule has 1 amide bonds. The minimum Gasteiger partial charge on any atom is -0.380 e. The van der Waals surface area contributed by atoms with E-state index in [-0.39, 0.29) is 11.3 Å². The number of H-pyrrole nitrogens is 1. The van der Waals surface area contributed by atoms with Crippen LogP contribution < -0.4 is 0 Å². The van der Waals surface area contributed by atoms with Crippen LogP contribution in [0.25, 0.3) is 0 Å². The van der Waals surface area contributed by atoms with Gasteiger partial charge >= 0.3 is 0 Å². The van der Waals surface area contributed by atoms with Crippen LogP contribution in [-0.4, -0.2) is 57.7 Å². The van der Waals surface area contributed by atoms with Gasteiger partial charge in [-0.05, 0) is 38.5 Å². The van der Waals surface area contributed by atoms with Gasteiger partial charge in [0.2, 0.25) is 5.91 Å². The number of amides is 1. The maximum Gasteiger partial charge on any atom is 0.230 e. The van der Waals surface area contributed by atoms with Gasteiger partial charge < -0.3 is 9.64 Å². The minimum atomic E-state index is -0.321. The van der Waals surface area contributed by atoms with E-state index < -0.39 is 0 Å². The number of nitrogens with one attached hydrogen (secondary N) is 1. The van der Waals surface area contributed by atoms with Crippen molar-refractivity contribution in [3.05, 3.63) is 5.82 Å². The molecular formula is C14H23N5O2. The molecule has 1 aromatic heterocycles. The summed E-state index contributed by atoms with van der Waals surface area (Å²) in [6, 6.07) is 0. The number of piperidine rings is 1. The van der Waals surface area contributed by atoms with Gasteiger partial charge in [0, 0.05) is 26.1 Å². The van der Waals surface area contributed by atoms with Crippen molar-refractivity contribution < 1.29 is 9.53 Å². The number of hydrogen-bond acceptors (Lipinski definition) is 5. The number of carbonyl (C=O) groups is 1. The maximum absolute atomic E-state index is 12.7. The molecule has 2 aliphatic rings. The Labute approximate surface area is 124 Å². The van der Waals surface area contributed by atoms with Gasteiger partial charge in [0.05, 0.1) is 12.0 Å². The third kappa shape index (κ3) is 3.23. The second-order valence-corrected chi connectivity index (χ2v) is 6.48. The first-order valence-electron chi connectivity index (χ1n) is 7.77. The van der Waals surface area contributed by atoms with Crippen molar-refractivity contribution in [1.29, 1.82) is 0 Å². The quantitative estimate of drug-likeness (QED) is 0.891. The van der Waals surface area contributed by atoms with Crippen LogP contribution in [0.15, 0.2) is 0 Å². The van der Waals surface area contributed by atoms with Gasteiger partial charge in [0.15, 0.2) is 5.82 Å². The van der Waals surface area contributed by atoms with E-state index in [0.29, 0.717) is 12.5 Å². The third-order valence-electron chi connectivity index (χ3n) is 4.72. The van der Waals surface area contributed by atoms with E-state index in [9.17, 15) is 4.79 Å². The highest BCUT2D eigenvalue weighted by atomic mass is 16.5. The monoisotopic (exact) mass is 293 g/mol. The highest BCUT2D eigenvalue weighted by Gasteiger charge is 2.39. The zero-order valence-corrected chi connectivity index (χ0v) is 12.5. The molecule has 3 rings (SSSR count). The molecule has 1 unspecified atom stereocenters. The predicted octanol–water partition coefficient (Wildman–Crippen LogP) is 0.797. The summed E-state index contributed by atoms with van der Waals surface area (Å²) >= 11 is 0. The topological polar surface area (TPSA) is 84.0 Å². The number of likely N-dealkylation sites (tertiary alicyclic amines) is 1. The SMILES string of the molecule is CC1(C(=O)N2CCC(Cc3nn[nH]n3)CC2)CCCOC1. The van der Waals surface area contributed by atoms with Crippen molar-refractivity contribution in [2.24, 2.45) is 11.3 Å². The van der Waals surface area contributed by atoms with Crippen LogP contribution >= 0.6 is 0 Å². The van der Waals surface area contributed by atoms with Crippen LogP contribution in [0.2, 0.25) is 0 Å². The Hall–Kier alpha value is -1.50. The molecule has 2 fully saturated rings. The molecular weight excluding hydrogens is 270 g/mol. The Morgan fingerprint density at radius 1 is 1.48 bits per heavy atom. The molecule has 1 N–H and O–H groups in total. The summed E-state index contributed by atoms with van der Waals surface area (Å²) in [5.74, 6) is 1.58. The summed E-state index contributed by atoms with van der Waals surface area (Å²) in [7, 11) is 0.